The third-order valence-corrected chi connectivity index (χ3v) is 4.76. The van der Waals surface area contributed by atoms with Gasteiger partial charge in [0.25, 0.3) is 0 Å². The van der Waals surface area contributed by atoms with E-state index in [1.165, 1.54) is 19.4 Å². The highest BCUT2D eigenvalue weighted by molar-refractivity contribution is 5.24. The predicted octanol–water partition coefficient (Wildman–Crippen LogP) is 1.25. The normalized spacial score (nSPS) is 23.2. The largest absolute Gasteiger partial charge is 0.394 e. The van der Waals surface area contributed by atoms with E-state index in [1.54, 1.807) is 0 Å². The van der Waals surface area contributed by atoms with Gasteiger partial charge in [0, 0.05) is 19.1 Å². The molecule has 2 atom stereocenters. The van der Waals surface area contributed by atoms with Gasteiger partial charge in [-0.05, 0) is 45.5 Å². The van der Waals surface area contributed by atoms with Crippen LogP contribution < -0.4 is 5.73 Å². The number of hydrogen-bond donors (Lipinski definition) is 2. The molecule has 0 spiro atoms. The van der Waals surface area contributed by atoms with E-state index in [0.29, 0.717) is 6.04 Å². The van der Waals surface area contributed by atoms with Gasteiger partial charge in [-0.1, -0.05) is 30.3 Å². The number of aliphatic hydroxyl groups is 1. The van der Waals surface area contributed by atoms with Gasteiger partial charge < -0.3 is 20.6 Å². The molecular weight excluding hydrogens is 262 g/mol. The number of hydrogen-bond acceptors (Lipinski definition) is 4. The fraction of sp³-hybridized carbons (Fsp3) is 0.647. The number of likely N-dealkylation sites (N-methyl/N-ethyl adjacent to an activating group) is 2. The molecule has 2 rings (SSSR count). The minimum Gasteiger partial charge on any atom is -0.394 e. The summed E-state index contributed by atoms with van der Waals surface area (Å²) in [4.78, 5) is 4.79. The van der Waals surface area contributed by atoms with E-state index in [4.69, 9.17) is 5.73 Å². The second kappa shape index (κ2) is 7.36. The first-order valence-electron chi connectivity index (χ1n) is 7.89. The van der Waals surface area contributed by atoms with Crippen LogP contribution in [0.15, 0.2) is 30.3 Å². The Labute approximate surface area is 128 Å². The average Bonchev–Trinajstić information content (AvgIpc) is 2.53. The van der Waals surface area contributed by atoms with Crippen molar-refractivity contribution in [3.05, 3.63) is 35.9 Å². The predicted molar refractivity (Wildman–Crippen MR) is 87.2 cm³/mol. The zero-order valence-electron chi connectivity index (χ0n) is 13.3. The Morgan fingerprint density at radius 1 is 1.38 bits per heavy atom. The van der Waals surface area contributed by atoms with Crippen LogP contribution in [-0.4, -0.2) is 61.3 Å². The van der Waals surface area contributed by atoms with Crippen molar-refractivity contribution in [1.29, 1.82) is 0 Å². The maximum atomic E-state index is 9.75. The van der Waals surface area contributed by atoms with Crippen molar-refractivity contribution in [2.24, 2.45) is 5.73 Å². The zero-order valence-corrected chi connectivity index (χ0v) is 13.3. The summed E-state index contributed by atoms with van der Waals surface area (Å²) in [6.45, 7) is 3.21. The summed E-state index contributed by atoms with van der Waals surface area (Å²) in [6.07, 6.45) is 3.28. The van der Waals surface area contributed by atoms with Crippen molar-refractivity contribution in [3.63, 3.8) is 0 Å². The molecule has 0 saturated carbocycles. The highest BCUT2D eigenvalue weighted by Crippen LogP contribution is 2.23. The van der Waals surface area contributed by atoms with Crippen LogP contribution in [0.1, 0.15) is 24.8 Å². The van der Waals surface area contributed by atoms with E-state index in [1.807, 2.05) is 30.3 Å². The van der Waals surface area contributed by atoms with Crippen LogP contribution in [0.5, 0.6) is 0 Å². The first kappa shape index (κ1) is 16.4. The van der Waals surface area contributed by atoms with Gasteiger partial charge in [-0.3, -0.25) is 0 Å². The number of rotatable bonds is 6. The minimum atomic E-state index is -0.643. The van der Waals surface area contributed by atoms with Gasteiger partial charge in [-0.15, -0.1) is 0 Å². The van der Waals surface area contributed by atoms with Crippen LogP contribution in [0.2, 0.25) is 0 Å². The van der Waals surface area contributed by atoms with Crippen molar-refractivity contribution in [2.75, 3.05) is 40.3 Å². The molecule has 0 bridgehead atoms. The molecule has 1 aliphatic heterocycles. The Kier molecular flexibility index (Phi) is 5.76. The third-order valence-electron chi connectivity index (χ3n) is 4.76. The molecule has 1 heterocycles. The van der Waals surface area contributed by atoms with Crippen molar-refractivity contribution < 1.29 is 5.11 Å². The summed E-state index contributed by atoms with van der Waals surface area (Å²) in [7, 11) is 4.36. The summed E-state index contributed by atoms with van der Waals surface area (Å²) in [5.41, 5.74) is 6.81. The number of aliphatic hydroxyl groups excluding tert-OH is 1. The Morgan fingerprint density at radius 2 is 2.10 bits per heavy atom. The molecule has 3 N–H and O–H groups in total. The summed E-state index contributed by atoms with van der Waals surface area (Å²) >= 11 is 0. The molecule has 4 heteroatoms. The van der Waals surface area contributed by atoms with E-state index in [9.17, 15) is 5.11 Å². The molecule has 1 aliphatic rings. The van der Waals surface area contributed by atoms with Gasteiger partial charge in [0.05, 0.1) is 12.1 Å². The smallest absolute Gasteiger partial charge is 0.0656 e. The fourth-order valence-electron chi connectivity index (χ4n) is 3.14. The van der Waals surface area contributed by atoms with Crippen molar-refractivity contribution >= 4 is 0 Å². The molecule has 21 heavy (non-hydrogen) atoms. The molecule has 0 aromatic heterocycles. The molecule has 0 aliphatic carbocycles. The second-order valence-corrected chi connectivity index (χ2v) is 6.47. The first-order valence-corrected chi connectivity index (χ1v) is 7.89. The monoisotopic (exact) mass is 291 g/mol. The maximum absolute atomic E-state index is 9.75. The Hall–Kier alpha value is -0.940. The van der Waals surface area contributed by atoms with Crippen LogP contribution in [0.25, 0.3) is 0 Å². The van der Waals surface area contributed by atoms with E-state index >= 15 is 0 Å². The highest BCUT2D eigenvalue weighted by Gasteiger charge is 2.28. The van der Waals surface area contributed by atoms with E-state index < -0.39 is 5.54 Å². The van der Waals surface area contributed by atoms with Crippen LogP contribution in [0.4, 0.5) is 0 Å². The molecule has 118 valence electrons. The van der Waals surface area contributed by atoms with Crippen LogP contribution in [0, 0.1) is 0 Å². The molecule has 2 unspecified atom stereocenters. The lowest BCUT2D eigenvalue weighted by atomic mass is 9.88. The van der Waals surface area contributed by atoms with Crippen LogP contribution in [0.3, 0.4) is 0 Å². The lowest BCUT2D eigenvalue weighted by molar-refractivity contribution is 0.114. The van der Waals surface area contributed by atoms with Crippen molar-refractivity contribution in [2.45, 2.75) is 30.8 Å². The molecule has 1 aromatic carbocycles. The zero-order chi connectivity index (χ0) is 15.3. The fourth-order valence-corrected chi connectivity index (χ4v) is 3.14. The standard InChI is InChI=1S/C17H29N3O/c1-19-11-6-9-16(13-19)20(2)12-10-17(18,14-21)15-7-4-3-5-8-15/h3-5,7-8,16,21H,6,9-14,18H2,1-2H3. The summed E-state index contributed by atoms with van der Waals surface area (Å²) in [6, 6.07) is 10.5. The van der Waals surface area contributed by atoms with Crippen molar-refractivity contribution in [1.82, 2.24) is 9.80 Å². The molecule has 1 aromatic rings. The second-order valence-electron chi connectivity index (χ2n) is 6.47. The van der Waals surface area contributed by atoms with Crippen LogP contribution in [-0.2, 0) is 5.54 Å². The third kappa shape index (κ3) is 4.27. The maximum Gasteiger partial charge on any atom is 0.0656 e. The summed E-state index contributed by atoms with van der Waals surface area (Å²) in [5.74, 6) is 0. The first-order chi connectivity index (χ1) is 10.0. The highest BCUT2D eigenvalue weighted by atomic mass is 16.3. The Bertz CT molecular complexity index is 425. The van der Waals surface area contributed by atoms with E-state index in [-0.39, 0.29) is 6.61 Å². The molecule has 0 radical (unpaired) electrons. The molecule has 1 saturated heterocycles. The number of nitrogens with zero attached hydrogens (tertiary/aromatic N) is 2. The summed E-state index contributed by atoms with van der Waals surface area (Å²) < 4.78 is 0. The lowest BCUT2D eigenvalue weighted by Gasteiger charge is -2.37. The number of likely N-dealkylation sites (tertiary alicyclic amines) is 1. The number of piperidine rings is 1. The van der Waals surface area contributed by atoms with Crippen LogP contribution >= 0.6 is 0 Å². The Morgan fingerprint density at radius 3 is 2.71 bits per heavy atom. The van der Waals surface area contributed by atoms with Gasteiger partial charge in [0.2, 0.25) is 0 Å². The molecular formula is C17H29N3O. The number of benzene rings is 1. The molecule has 0 amide bonds. The summed E-state index contributed by atoms with van der Waals surface area (Å²) in [5, 5.41) is 9.75. The van der Waals surface area contributed by atoms with Gasteiger partial charge in [-0.2, -0.15) is 0 Å². The number of nitrogens with two attached hydrogens (primary N) is 1. The topological polar surface area (TPSA) is 52.7 Å². The lowest BCUT2D eigenvalue weighted by Crippen LogP contribution is -2.48. The van der Waals surface area contributed by atoms with Gasteiger partial charge >= 0.3 is 0 Å². The molecule has 4 nitrogen and oxygen atoms in total. The van der Waals surface area contributed by atoms with Gasteiger partial charge in [0.1, 0.15) is 0 Å². The van der Waals surface area contributed by atoms with Gasteiger partial charge in [0.15, 0.2) is 0 Å². The SMILES string of the molecule is CN1CCCC(N(C)CCC(N)(CO)c2ccccc2)C1. The van der Waals surface area contributed by atoms with Crippen molar-refractivity contribution in [3.8, 4) is 0 Å². The van der Waals surface area contributed by atoms with Gasteiger partial charge in [-0.25, -0.2) is 0 Å². The average molecular weight is 291 g/mol. The Balaban J connectivity index is 1.93. The van der Waals surface area contributed by atoms with E-state index in [2.05, 4.69) is 23.9 Å². The molecule has 1 fully saturated rings. The quantitative estimate of drug-likeness (QED) is 0.828. The minimum absolute atomic E-state index is 0.0184. The van der Waals surface area contributed by atoms with E-state index in [0.717, 1.165) is 25.1 Å².